The highest BCUT2D eigenvalue weighted by molar-refractivity contribution is 5.98. The van der Waals surface area contributed by atoms with Gasteiger partial charge in [0.05, 0.1) is 5.56 Å². The normalized spacial score (nSPS) is 13.3. The van der Waals surface area contributed by atoms with E-state index in [-0.39, 0.29) is 30.7 Å². The minimum Gasteiger partial charge on any atom is -0.491 e. The van der Waals surface area contributed by atoms with E-state index in [1.54, 1.807) is 25.1 Å². The topological polar surface area (TPSA) is 87.7 Å². The third-order valence-corrected chi connectivity index (χ3v) is 4.83. The predicted molar refractivity (Wildman–Crippen MR) is 118 cm³/mol. The molecule has 2 rings (SSSR count). The van der Waals surface area contributed by atoms with Crippen LogP contribution in [0.2, 0.25) is 0 Å². The van der Waals surface area contributed by atoms with Crippen molar-refractivity contribution in [2.24, 2.45) is 5.92 Å². The van der Waals surface area contributed by atoms with Crippen molar-refractivity contribution in [2.45, 2.75) is 45.5 Å². The lowest BCUT2D eigenvalue weighted by Crippen LogP contribution is -2.49. The number of rotatable bonds is 10. The molecule has 0 aromatic heterocycles. The third-order valence-electron chi connectivity index (χ3n) is 4.83. The number of aryl methyl sites for hydroxylation is 1. The first-order valence-electron chi connectivity index (χ1n) is 10.6. The summed E-state index contributed by atoms with van der Waals surface area (Å²) in [5, 5.41) is 15.4. The Bertz CT molecular complexity index is 947. The predicted octanol–water partition coefficient (Wildman–Crippen LogP) is 3.71. The Morgan fingerprint density at radius 3 is 2.42 bits per heavy atom. The quantitative estimate of drug-likeness (QED) is 0.498. The van der Waals surface area contributed by atoms with Crippen LogP contribution in [0, 0.1) is 12.8 Å². The van der Waals surface area contributed by atoms with Crippen molar-refractivity contribution in [3.63, 3.8) is 0 Å². The van der Waals surface area contributed by atoms with Crippen LogP contribution in [0.5, 0.6) is 5.75 Å². The van der Waals surface area contributed by atoms with E-state index in [9.17, 15) is 27.9 Å². The average molecular weight is 467 g/mol. The first-order valence-corrected chi connectivity index (χ1v) is 10.6. The molecule has 0 fully saturated rings. The number of alkyl halides is 3. The van der Waals surface area contributed by atoms with Crippen LogP contribution < -0.4 is 15.4 Å². The summed E-state index contributed by atoms with van der Waals surface area (Å²) in [6.45, 7) is 5.13. The Morgan fingerprint density at radius 2 is 1.79 bits per heavy atom. The van der Waals surface area contributed by atoms with Crippen molar-refractivity contribution in [3.8, 4) is 5.75 Å². The fraction of sp³-hybridized carbons (Fsp3) is 0.417. The van der Waals surface area contributed by atoms with E-state index in [0.717, 1.165) is 17.7 Å². The highest BCUT2D eigenvalue weighted by Crippen LogP contribution is 2.31. The number of amides is 2. The maximum Gasteiger partial charge on any atom is 0.416 e. The lowest BCUT2D eigenvalue weighted by molar-refractivity contribution is -0.137. The third kappa shape index (κ3) is 8.42. The summed E-state index contributed by atoms with van der Waals surface area (Å²) >= 11 is 0. The SMILES string of the molecule is Cc1ccccc1C(=O)NC(CC(C)C)C(=O)NCC(O)COc1cccc(C(F)(F)F)c1. The van der Waals surface area contributed by atoms with Crippen LogP contribution in [-0.4, -0.2) is 42.2 Å². The molecule has 0 radical (unpaired) electrons. The van der Waals surface area contributed by atoms with Gasteiger partial charge in [-0.25, -0.2) is 0 Å². The molecule has 6 nitrogen and oxygen atoms in total. The smallest absolute Gasteiger partial charge is 0.416 e. The lowest BCUT2D eigenvalue weighted by Gasteiger charge is -2.22. The number of ether oxygens (including phenoxy) is 1. The summed E-state index contributed by atoms with van der Waals surface area (Å²) in [5.41, 5.74) is 0.387. The molecule has 0 aliphatic rings. The molecule has 0 saturated carbocycles. The lowest BCUT2D eigenvalue weighted by atomic mass is 10.0. The Morgan fingerprint density at radius 1 is 1.09 bits per heavy atom. The van der Waals surface area contributed by atoms with Crippen LogP contribution in [0.25, 0.3) is 0 Å². The van der Waals surface area contributed by atoms with Crippen LogP contribution in [0.1, 0.15) is 41.8 Å². The summed E-state index contributed by atoms with van der Waals surface area (Å²) < 4.78 is 43.6. The van der Waals surface area contributed by atoms with Gasteiger partial charge in [-0.15, -0.1) is 0 Å². The van der Waals surface area contributed by atoms with Gasteiger partial charge in [0, 0.05) is 12.1 Å². The number of halogens is 3. The van der Waals surface area contributed by atoms with Crippen LogP contribution in [0.3, 0.4) is 0 Å². The first-order chi connectivity index (χ1) is 15.5. The molecular weight excluding hydrogens is 437 g/mol. The minimum absolute atomic E-state index is 0.0432. The maximum absolute atomic E-state index is 12.8. The number of nitrogens with one attached hydrogen (secondary N) is 2. The molecule has 180 valence electrons. The Hall–Kier alpha value is -3.07. The molecule has 0 bridgehead atoms. The second-order valence-electron chi connectivity index (χ2n) is 8.21. The molecule has 9 heteroatoms. The van der Waals surface area contributed by atoms with Gasteiger partial charge >= 0.3 is 6.18 Å². The summed E-state index contributed by atoms with van der Waals surface area (Å²) in [6, 6.07) is 10.5. The zero-order valence-electron chi connectivity index (χ0n) is 18.8. The van der Waals surface area contributed by atoms with Gasteiger partial charge in [-0.05, 0) is 49.1 Å². The molecule has 0 saturated heterocycles. The van der Waals surface area contributed by atoms with E-state index in [2.05, 4.69) is 10.6 Å². The van der Waals surface area contributed by atoms with Crippen LogP contribution in [0.4, 0.5) is 13.2 Å². The van der Waals surface area contributed by atoms with Crippen molar-refractivity contribution in [3.05, 3.63) is 65.2 Å². The monoisotopic (exact) mass is 466 g/mol. The molecule has 0 aliphatic carbocycles. The fourth-order valence-electron chi connectivity index (χ4n) is 3.12. The zero-order valence-corrected chi connectivity index (χ0v) is 18.8. The van der Waals surface area contributed by atoms with E-state index in [1.807, 2.05) is 19.9 Å². The summed E-state index contributed by atoms with van der Waals surface area (Å²) in [6.07, 6.45) is -5.27. The fourth-order valence-corrected chi connectivity index (χ4v) is 3.12. The van der Waals surface area contributed by atoms with Crippen molar-refractivity contribution in [1.29, 1.82) is 0 Å². The number of aliphatic hydroxyl groups is 1. The van der Waals surface area contributed by atoms with Crippen molar-refractivity contribution < 1.29 is 32.6 Å². The molecule has 0 spiro atoms. The van der Waals surface area contributed by atoms with E-state index in [1.165, 1.54) is 12.1 Å². The molecule has 0 heterocycles. The van der Waals surface area contributed by atoms with E-state index in [4.69, 9.17) is 4.74 Å². The standard InChI is InChI=1S/C24H29F3N2O4/c1-15(2)11-21(29-22(31)20-10-5-4-7-16(20)3)23(32)28-13-18(30)14-33-19-9-6-8-17(12-19)24(25,26)27/h4-10,12,15,18,21,30H,11,13-14H2,1-3H3,(H,28,32)(H,29,31). The van der Waals surface area contributed by atoms with Gasteiger partial charge in [-0.2, -0.15) is 13.2 Å². The van der Waals surface area contributed by atoms with Gasteiger partial charge in [0.1, 0.15) is 24.5 Å². The van der Waals surface area contributed by atoms with Crippen LogP contribution in [0.15, 0.2) is 48.5 Å². The molecule has 0 aliphatic heterocycles. The molecule has 2 amide bonds. The average Bonchev–Trinajstić information content (AvgIpc) is 2.75. The summed E-state index contributed by atoms with van der Waals surface area (Å²) in [7, 11) is 0. The summed E-state index contributed by atoms with van der Waals surface area (Å²) in [5.74, 6) is -0.767. The first kappa shape index (κ1) is 26.2. The highest BCUT2D eigenvalue weighted by Gasteiger charge is 2.30. The van der Waals surface area contributed by atoms with Gasteiger partial charge in [-0.3, -0.25) is 9.59 Å². The van der Waals surface area contributed by atoms with Crippen molar-refractivity contribution in [2.75, 3.05) is 13.2 Å². The van der Waals surface area contributed by atoms with Crippen LogP contribution >= 0.6 is 0 Å². The molecule has 2 aromatic rings. The number of hydrogen-bond acceptors (Lipinski definition) is 4. The van der Waals surface area contributed by atoms with E-state index >= 15 is 0 Å². The minimum atomic E-state index is -4.50. The summed E-state index contributed by atoms with van der Waals surface area (Å²) in [4.78, 5) is 25.3. The number of benzene rings is 2. The van der Waals surface area contributed by atoms with E-state index in [0.29, 0.717) is 12.0 Å². The molecule has 2 atom stereocenters. The molecule has 2 unspecified atom stereocenters. The second kappa shape index (κ2) is 11.7. The number of carbonyl (C=O) groups is 2. The van der Waals surface area contributed by atoms with Gasteiger partial charge in [0.25, 0.3) is 5.91 Å². The second-order valence-corrected chi connectivity index (χ2v) is 8.21. The highest BCUT2D eigenvalue weighted by atomic mass is 19.4. The molecular formula is C24H29F3N2O4. The number of carbonyl (C=O) groups excluding carboxylic acids is 2. The number of aliphatic hydroxyl groups excluding tert-OH is 1. The zero-order chi connectivity index (χ0) is 24.6. The molecule has 33 heavy (non-hydrogen) atoms. The van der Waals surface area contributed by atoms with Gasteiger partial charge in [-0.1, -0.05) is 38.1 Å². The number of hydrogen-bond donors (Lipinski definition) is 3. The van der Waals surface area contributed by atoms with Crippen molar-refractivity contribution in [1.82, 2.24) is 10.6 Å². The van der Waals surface area contributed by atoms with Gasteiger partial charge in [0.15, 0.2) is 0 Å². The molecule has 2 aromatic carbocycles. The van der Waals surface area contributed by atoms with Crippen LogP contribution in [-0.2, 0) is 11.0 Å². The Kier molecular flexibility index (Phi) is 9.28. The molecule has 3 N–H and O–H groups in total. The van der Waals surface area contributed by atoms with E-state index < -0.39 is 29.8 Å². The Labute approximate surface area is 191 Å². The van der Waals surface area contributed by atoms with Crippen molar-refractivity contribution >= 4 is 11.8 Å². The van der Waals surface area contributed by atoms with Gasteiger partial charge < -0.3 is 20.5 Å². The van der Waals surface area contributed by atoms with Gasteiger partial charge in [0.2, 0.25) is 5.91 Å². The Balaban J connectivity index is 1.91. The maximum atomic E-state index is 12.8. The largest absolute Gasteiger partial charge is 0.491 e.